The van der Waals surface area contributed by atoms with E-state index in [0.29, 0.717) is 11.5 Å². The molecule has 0 saturated heterocycles. The van der Waals surface area contributed by atoms with Gasteiger partial charge in [-0.05, 0) is 36.4 Å². The van der Waals surface area contributed by atoms with E-state index in [0.717, 1.165) is 11.3 Å². The van der Waals surface area contributed by atoms with Crippen LogP contribution in [0.2, 0.25) is 0 Å². The Hall–Kier alpha value is -3.08. The third-order valence-electron chi connectivity index (χ3n) is 3.42. The highest BCUT2D eigenvalue weighted by Crippen LogP contribution is 2.33. The molecule has 1 aromatic heterocycles. The highest BCUT2D eigenvalue weighted by Gasteiger charge is 2.09. The Kier molecular flexibility index (Phi) is 3.62. The molecule has 22 heavy (non-hydrogen) atoms. The Morgan fingerprint density at radius 1 is 0.773 bits per heavy atom. The fraction of sp³-hybridized carbons (Fsp3) is 0.0588. The smallest absolute Gasteiger partial charge is 0.155 e. The Balaban J connectivity index is 1.95. The Bertz CT molecular complexity index is 837. The van der Waals surface area contributed by atoms with Crippen molar-refractivity contribution in [3.05, 3.63) is 60.7 Å². The molecule has 5 heteroatoms. The lowest BCUT2D eigenvalue weighted by Gasteiger charge is -2.06. The summed E-state index contributed by atoms with van der Waals surface area (Å²) in [5.41, 5.74) is 1.98. The van der Waals surface area contributed by atoms with Crippen molar-refractivity contribution in [1.82, 2.24) is 4.57 Å². The molecule has 0 saturated carbocycles. The molecule has 0 radical (unpaired) electrons. The van der Waals surface area contributed by atoms with Crippen molar-refractivity contribution in [3.8, 4) is 22.8 Å². The molecule has 3 aromatic rings. The topological polar surface area (TPSA) is 70.1 Å². The molecule has 0 aliphatic rings. The van der Waals surface area contributed by atoms with Gasteiger partial charge in [-0.15, -0.1) is 10.2 Å². The highest BCUT2D eigenvalue weighted by molar-refractivity contribution is 5.69. The first-order valence-corrected chi connectivity index (χ1v) is 6.80. The minimum absolute atomic E-state index is 0.0846. The second kappa shape index (κ2) is 5.73. The summed E-state index contributed by atoms with van der Waals surface area (Å²) in [6.45, 7) is 0. The third-order valence-corrected chi connectivity index (χ3v) is 3.42. The van der Waals surface area contributed by atoms with Crippen LogP contribution in [0.25, 0.3) is 11.3 Å². The van der Waals surface area contributed by atoms with Gasteiger partial charge in [-0.2, -0.15) is 0 Å². The first kappa shape index (κ1) is 13.9. The number of phenolic OH excluding ortho intramolecular Hbond substituents is 2. The molecule has 5 nitrogen and oxygen atoms in total. The molecule has 0 bridgehead atoms. The number of aromatic nitrogens is 1. The molecule has 0 aliphatic heterocycles. The lowest BCUT2D eigenvalue weighted by molar-refractivity contribution is 0.476. The predicted molar refractivity (Wildman–Crippen MR) is 84.8 cm³/mol. The van der Waals surface area contributed by atoms with Gasteiger partial charge < -0.3 is 14.8 Å². The molecule has 2 aromatic carbocycles. The summed E-state index contributed by atoms with van der Waals surface area (Å²) in [5.74, 6) is 0.927. The van der Waals surface area contributed by atoms with E-state index in [4.69, 9.17) is 0 Å². The molecule has 110 valence electrons. The van der Waals surface area contributed by atoms with Gasteiger partial charge in [-0.1, -0.05) is 24.3 Å². The SMILES string of the molecule is Cn1c(N=Nc2ccccc2O)ccc1-c1ccccc1O. The molecule has 0 spiro atoms. The van der Waals surface area contributed by atoms with Gasteiger partial charge in [-0.25, -0.2) is 0 Å². The number of para-hydroxylation sites is 2. The molecule has 0 amide bonds. The number of hydrogen-bond acceptors (Lipinski definition) is 4. The summed E-state index contributed by atoms with van der Waals surface area (Å²) in [5, 5.41) is 27.8. The van der Waals surface area contributed by atoms with Gasteiger partial charge in [-0.3, -0.25) is 0 Å². The number of hydrogen-bond donors (Lipinski definition) is 2. The number of nitrogens with zero attached hydrogens (tertiary/aromatic N) is 3. The first-order valence-electron chi connectivity index (χ1n) is 6.80. The normalized spacial score (nSPS) is 11.1. The van der Waals surface area contributed by atoms with E-state index < -0.39 is 0 Å². The number of benzene rings is 2. The van der Waals surface area contributed by atoms with Crippen LogP contribution in [0.1, 0.15) is 0 Å². The van der Waals surface area contributed by atoms with Gasteiger partial charge in [0.05, 0.1) is 5.69 Å². The second-order valence-corrected chi connectivity index (χ2v) is 4.84. The maximum Gasteiger partial charge on any atom is 0.155 e. The molecule has 1 heterocycles. The molecule has 0 aliphatic carbocycles. The fourth-order valence-electron chi connectivity index (χ4n) is 2.22. The zero-order chi connectivity index (χ0) is 15.5. The van der Waals surface area contributed by atoms with E-state index in [1.807, 2.05) is 35.9 Å². The van der Waals surface area contributed by atoms with Crippen molar-refractivity contribution in [2.45, 2.75) is 0 Å². The highest BCUT2D eigenvalue weighted by atomic mass is 16.3. The monoisotopic (exact) mass is 293 g/mol. The molecular weight excluding hydrogens is 278 g/mol. The average Bonchev–Trinajstić information content (AvgIpc) is 2.88. The quantitative estimate of drug-likeness (QED) is 0.697. The predicted octanol–water partition coefficient (Wildman–Crippen LogP) is 4.52. The maximum atomic E-state index is 9.94. The molecular formula is C17H15N3O2. The van der Waals surface area contributed by atoms with Gasteiger partial charge in [0.2, 0.25) is 0 Å². The molecule has 3 rings (SSSR count). The summed E-state index contributed by atoms with van der Waals surface area (Å²) in [6, 6.07) is 17.6. The van der Waals surface area contributed by atoms with Crippen molar-refractivity contribution < 1.29 is 10.2 Å². The van der Waals surface area contributed by atoms with Crippen molar-refractivity contribution in [2.24, 2.45) is 17.3 Å². The van der Waals surface area contributed by atoms with E-state index in [1.54, 1.807) is 36.4 Å². The van der Waals surface area contributed by atoms with Crippen molar-refractivity contribution in [2.75, 3.05) is 0 Å². The summed E-state index contributed by atoms with van der Waals surface area (Å²) >= 11 is 0. The molecule has 0 atom stereocenters. The third kappa shape index (κ3) is 2.56. The lowest BCUT2D eigenvalue weighted by atomic mass is 10.1. The van der Waals surface area contributed by atoms with Crippen LogP contribution < -0.4 is 0 Å². The van der Waals surface area contributed by atoms with Crippen LogP contribution in [-0.2, 0) is 7.05 Å². The van der Waals surface area contributed by atoms with Crippen LogP contribution in [0.4, 0.5) is 11.5 Å². The molecule has 2 N–H and O–H groups in total. The fourth-order valence-corrected chi connectivity index (χ4v) is 2.22. The second-order valence-electron chi connectivity index (χ2n) is 4.84. The molecule has 0 unspecified atom stereocenters. The van der Waals surface area contributed by atoms with Crippen LogP contribution in [0.3, 0.4) is 0 Å². The Morgan fingerprint density at radius 3 is 2.18 bits per heavy atom. The number of rotatable bonds is 3. The molecule has 0 fully saturated rings. The van der Waals surface area contributed by atoms with Gasteiger partial charge in [0.1, 0.15) is 17.2 Å². The van der Waals surface area contributed by atoms with Gasteiger partial charge >= 0.3 is 0 Å². The summed E-state index contributed by atoms with van der Waals surface area (Å²) in [4.78, 5) is 0. The van der Waals surface area contributed by atoms with E-state index >= 15 is 0 Å². The summed E-state index contributed by atoms with van der Waals surface area (Å²) in [6.07, 6.45) is 0. The standard InChI is InChI=1S/C17H15N3O2/c1-20-14(12-6-2-4-8-15(12)21)10-11-17(20)19-18-13-7-3-5-9-16(13)22/h2-11,21-22H,1H3. The zero-order valence-corrected chi connectivity index (χ0v) is 12.0. The van der Waals surface area contributed by atoms with Crippen LogP contribution >= 0.6 is 0 Å². The van der Waals surface area contributed by atoms with E-state index in [2.05, 4.69) is 10.2 Å². The largest absolute Gasteiger partial charge is 0.507 e. The van der Waals surface area contributed by atoms with Gasteiger partial charge in [0.25, 0.3) is 0 Å². The maximum absolute atomic E-state index is 9.94. The van der Waals surface area contributed by atoms with E-state index in [1.165, 1.54) is 0 Å². The van der Waals surface area contributed by atoms with Gasteiger partial charge in [0.15, 0.2) is 5.82 Å². The minimum atomic E-state index is 0.0846. The van der Waals surface area contributed by atoms with Crippen molar-refractivity contribution >= 4 is 11.5 Å². The summed E-state index contributed by atoms with van der Waals surface area (Å²) < 4.78 is 1.83. The Labute approximate surface area is 127 Å². The minimum Gasteiger partial charge on any atom is -0.507 e. The average molecular weight is 293 g/mol. The first-order chi connectivity index (χ1) is 10.7. The number of azo groups is 1. The van der Waals surface area contributed by atoms with Crippen molar-refractivity contribution in [1.29, 1.82) is 0 Å². The van der Waals surface area contributed by atoms with Crippen LogP contribution in [-0.4, -0.2) is 14.8 Å². The lowest BCUT2D eigenvalue weighted by Crippen LogP contribution is -1.90. The van der Waals surface area contributed by atoms with Crippen LogP contribution in [0.15, 0.2) is 70.9 Å². The zero-order valence-electron chi connectivity index (χ0n) is 12.0. The van der Waals surface area contributed by atoms with Crippen LogP contribution in [0.5, 0.6) is 11.5 Å². The van der Waals surface area contributed by atoms with E-state index in [9.17, 15) is 10.2 Å². The number of phenols is 2. The van der Waals surface area contributed by atoms with Gasteiger partial charge in [0, 0.05) is 12.6 Å². The van der Waals surface area contributed by atoms with Crippen LogP contribution in [0, 0.1) is 0 Å². The number of aromatic hydroxyl groups is 2. The van der Waals surface area contributed by atoms with Crippen molar-refractivity contribution in [3.63, 3.8) is 0 Å². The van der Waals surface area contributed by atoms with E-state index in [-0.39, 0.29) is 11.5 Å². The Morgan fingerprint density at radius 2 is 1.45 bits per heavy atom. The summed E-state index contributed by atoms with van der Waals surface area (Å²) in [7, 11) is 1.85.